The molecule has 0 amide bonds. The first-order valence-electron chi connectivity index (χ1n) is 10.4. The van der Waals surface area contributed by atoms with Crippen molar-refractivity contribution in [1.82, 2.24) is 0 Å². The highest BCUT2D eigenvalue weighted by molar-refractivity contribution is 5.48. The SMILES string of the molecule is CNc1cccc(C[C@H](OC2CCCC2)[C@H](O)c2cc(OC)c(C)c(OC)c2)c1. The third-order valence-electron chi connectivity index (χ3n) is 5.79. The summed E-state index contributed by atoms with van der Waals surface area (Å²) in [5, 5.41) is 14.5. The van der Waals surface area contributed by atoms with Gasteiger partial charge in [-0.05, 0) is 55.2 Å². The summed E-state index contributed by atoms with van der Waals surface area (Å²) in [6, 6.07) is 12.0. The molecule has 29 heavy (non-hydrogen) atoms. The molecule has 0 aromatic heterocycles. The maximum Gasteiger partial charge on any atom is 0.125 e. The Hall–Kier alpha value is -2.24. The maximum atomic E-state index is 11.3. The van der Waals surface area contributed by atoms with E-state index in [-0.39, 0.29) is 12.2 Å². The van der Waals surface area contributed by atoms with Crippen LogP contribution in [-0.4, -0.2) is 38.6 Å². The number of hydrogen-bond acceptors (Lipinski definition) is 5. The smallest absolute Gasteiger partial charge is 0.125 e. The van der Waals surface area contributed by atoms with Crippen molar-refractivity contribution in [1.29, 1.82) is 0 Å². The van der Waals surface area contributed by atoms with Gasteiger partial charge in [-0.3, -0.25) is 0 Å². The average Bonchev–Trinajstić information content (AvgIpc) is 3.26. The van der Waals surface area contributed by atoms with Crippen LogP contribution >= 0.6 is 0 Å². The molecule has 1 saturated carbocycles. The highest BCUT2D eigenvalue weighted by Crippen LogP contribution is 2.35. The molecule has 5 heteroatoms. The zero-order valence-electron chi connectivity index (χ0n) is 17.9. The van der Waals surface area contributed by atoms with E-state index in [0.717, 1.165) is 35.2 Å². The van der Waals surface area contributed by atoms with E-state index in [4.69, 9.17) is 14.2 Å². The largest absolute Gasteiger partial charge is 0.496 e. The minimum Gasteiger partial charge on any atom is -0.496 e. The summed E-state index contributed by atoms with van der Waals surface area (Å²) in [4.78, 5) is 0. The van der Waals surface area contributed by atoms with Gasteiger partial charge in [0, 0.05) is 24.7 Å². The van der Waals surface area contributed by atoms with Gasteiger partial charge in [0.05, 0.1) is 26.4 Å². The van der Waals surface area contributed by atoms with Crippen LogP contribution in [0.5, 0.6) is 11.5 Å². The number of ether oxygens (including phenoxy) is 3. The highest BCUT2D eigenvalue weighted by atomic mass is 16.5. The Morgan fingerprint density at radius 2 is 1.72 bits per heavy atom. The van der Waals surface area contributed by atoms with Crippen molar-refractivity contribution in [3.63, 3.8) is 0 Å². The lowest BCUT2D eigenvalue weighted by Crippen LogP contribution is -2.29. The van der Waals surface area contributed by atoms with Gasteiger partial charge in [0.25, 0.3) is 0 Å². The molecule has 5 nitrogen and oxygen atoms in total. The van der Waals surface area contributed by atoms with Crippen molar-refractivity contribution >= 4 is 5.69 Å². The molecule has 0 heterocycles. The number of methoxy groups -OCH3 is 2. The zero-order valence-corrected chi connectivity index (χ0v) is 17.9. The summed E-state index contributed by atoms with van der Waals surface area (Å²) < 4.78 is 17.4. The average molecular weight is 400 g/mol. The van der Waals surface area contributed by atoms with Crippen molar-refractivity contribution in [3.05, 3.63) is 53.1 Å². The molecular weight excluding hydrogens is 366 g/mol. The second-order valence-electron chi connectivity index (χ2n) is 7.73. The van der Waals surface area contributed by atoms with Crippen molar-refractivity contribution in [2.75, 3.05) is 26.6 Å². The van der Waals surface area contributed by atoms with Crippen LogP contribution < -0.4 is 14.8 Å². The van der Waals surface area contributed by atoms with Crippen molar-refractivity contribution < 1.29 is 19.3 Å². The van der Waals surface area contributed by atoms with E-state index in [9.17, 15) is 5.11 Å². The Morgan fingerprint density at radius 3 is 2.31 bits per heavy atom. The molecule has 0 unspecified atom stereocenters. The molecule has 0 saturated heterocycles. The van der Waals surface area contributed by atoms with Crippen molar-refractivity contribution in [2.45, 2.75) is 57.3 Å². The van der Waals surface area contributed by atoms with Gasteiger partial charge in [0.2, 0.25) is 0 Å². The molecule has 1 aliphatic rings. The molecule has 2 atom stereocenters. The van der Waals surface area contributed by atoms with E-state index in [0.29, 0.717) is 17.9 Å². The summed E-state index contributed by atoms with van der Waals surface area (Å²) in [5.41, 5.74) is 3.85. The van der Waals surface area contributed by atoms with Gasteiger partial charge in [-0.2, -0.15) is 0 Å². The number of benzene rings is 2. The fourth-order valence-corrected chi connectivity index (χ4v) is 4.08. The Morgan fingerprint density at radius 1 is 1.07 bits per heavy atom. The number of rotatable bonds is 9. The van der Waals surface area contributed by atoms with E-state index in [1.54, 1.807) is 14.2 Å². The number of aliphatic hydroxyl groups is 1. The van der Waals surface area contributed by atoms with Crippen molar-refractivity contribution in [3.8, 4) is 11.5 Å². The van der Waals surface area contributed by atoms with Crippen LogP contribution in [-0.2, 0) is 11.2 Å². The predicted octanol–water partition coefficient (Wildman–Crippen LogP) is 4.66. The maximum absolute atomic E-state index is 11.3. The van der Waals surface area contributed by atoms with Gasteiger partial charge in [0.15, 0.2) is 0 Å². The van der Waals surface area contributed by atoms with E-state index >= 15 is 0 Å². The Bertz CT molecular complexity index is 776. The second-order valence-corrected chi connectivity index (χ2v) is 7.73. The minimum atomic E-state index is -0.780. The van der Waals surface area contributed by atoms with Crippen LogP contribution in [0.3, 0.4) is 0 Å². The van der Waals surface area contributed by atoms with Crippen LogP contribution in [0.2, 0.25) is 0 Å². The summed E-state index contributed by atoms with van der Waals surface area (Å²) in [6.07, 6.45) is 4.20. The molecule has 1 aliphatic carbocycles. The third-order valence-corrected chi connectivity index (χ3v) is 5.79. The zero-order chi connectivity index (χ0) is 20.8. The first-order chi connectivity index (χ1) is 14.0. The van der Waals surface area contributed by atoms with Crippen LogP contribution in [0.4, 0.5) is 5.69 Å². The Balaban J connectivity index is 1.89. The summed E-state index contributed by atoms with van der Waals surface area (Å²) in [6.45, 7) is 1.95. The van der Waals surface area contributed by atoms with Crippen LogP contribution in [0, 0.1) is 6.92 Å². The van der Waals surface area contributed by atoms with Gasteiger partial charge in [-0.25, -0.2) is 0 Å². The number of nitrogens with one attached hydrogen (secondary N) is 1. The fraction of sp³-hybridized carbons (Fsp3) is 0.500. The Labute approximate surface area is 174 Å². The lowest BCUT2D eigenvalue weighted by Gasteiger charge is -2.28. The summed E-state index contributed by atoms with van der Waals surface area (Å²) >= 11 is 0. The minimum absolute atomic E-state index is 0.205. The van der Waals surface area contributed by atoms with Gasteiger partial charge in [0.1, 0.15) is 17.6 Å². The molecule has 2 N–H and O–H groups in total. The van der Waals surface area contributed by atoms with Gasteiger partial charge >= 0.3 is 0 Å². The molecule has 2 aromatic carbocycles. The summed E-state index contributed by atoms with van der Waals surface area (Å²) in [5.74, 6) is 1.41. The topological polar surface area (TPSA) is 60.0 Å². The number of aliphatic hydroxyl groups excluding tert-OH is 1. The third kappa shape index (κ3) is 5.22. The first-order valence-corrected chi connectivity index (χ1v) is 10.4. The van der Waals surface area contributed by atoms with Gasteiger partial charge in [-0.1, -0.05) is 25.0 Å². The molecule has 0 aliphatic heterocycles. The van der Waals surface area contributed by atoms with Gasteiger partial charge < -0.3 is 24.6 Å². The predicted molar refractivity (Wildman–Crippen MR) is 116 cm³/mol. The molecular formula is C24H33NO4. The fourth-order valence-electron chi connectivity index (χ4n) is 4.08. The number of hydrogen-bond donors (Lipinski definition) is 2. The van der Waals surface area contributed by atoms with Crippen LogP contribution in [0.1, 0.15) is 48.5 Å². The summed E-state index contributed by atoms with van der Waals surface area (Å²) in [7, 11) is 5.17. The van der Waals surface area contributed by atoms with E-state index in [2.05, 4.69) is 17.4 Å². The molecule has 0 radical (unpaired) electrons. The molecule has 3 rings (SSSR count). The van der Waals surface area contributed by atoms with E-state index in [1.165, 1.54) is 12.8 Å². The molecule has 0 spiro atoms. The number of anilines is 1. The van der Waals surface area contributed by atoms with E-state index < -0.39 is 6.10 Å². The normalized spacial score (nSPS) is 16.4. The molecule has 158 valence electrons. The standard InChI is InChI=1S/C24H33NO4/c1-16-21(27-3)14-18(15-22(16)28-4)24(26)23(29-20-10-5-6-11-20)13-17-8-7-9-19(12-17)25-2/h7-9,12,14-15,20,23-26H,5-6,10-11,13H2,1-4H3/t23-,24+/m0/s1. The monoisotopic (exact) mass is 399 g/mol. The van der Waals surface area contributed by atoms with Crippen molar-refractivity contribution in [2.24, 2.45) is 0 Å². The highest BCUT2D eigenvalue weighted by Gasteiger charge is 2.28. The van der Waals surface area contributed by atoms with Crippen LogP contribution in [0.25, 0.3) is 0 Å². The Kier molecular flexibility index (Phi) is 7.40. The van der Waals surface area contributed by atoms with Crippen LogP contribution in [0.15, 0.2) is 36.4 Å². The second kappa shape index (κ2) is 9.99. The van der Waals surface area contributed by atoms with Gasteiger partial charge in [-0.15, -0.1) is 0 Å². The quantitative estimate of drug-likeness (QED) is 0.642. The molecule has 0 bridgehead atoms. The first kappa shape index (κ1) is 21.5. The lowest BCUT2D eigenvalue weighted by atomic mass is 9.96. The lowest BCUT2D eigenvalue weighted by molar-refractivity contribution is -0.0753. The van der Waals surface area contributed by atoms with E-state index in [1.807, 2.05) is 38.2 Å². The molecule has 2 aromatic rings. The molecule has 1 fully saturated rings.